The van der Waals surface area contributed by atoms with Gasteiger partial charge in [-0.25, -0.2) is 4.98 Å². The van der Waals surface area contributed by atoms with Gasteiger partial charge in [-0.15, -0.1) is 0 Å². The van der Waals surface area contributed by atoms with Crippen LogP contribution in [-0.2, 0) is 6.54 Å². The molecule has 7 nitrogen and oxygen atoms in total. The number of aromatic nitrogens is 3. The first-order valence-corrected chi connectivity index (χ1v) is 7.08. The Hall–Kier alpha value is -3.22. The maximum Gasteiger partial charge on any atom is 0.269 e. The number of rotatable bonds is 5. The summed E-state index contributed by atoms with van der Waals surface area (Å²) in [5, 5.41) is 20.9. The van der Waals surface area contributed by atoms with Gasteiger partial charge in [0.15, 0.2) is 5.82 Å². The number of nitrogens with zero attached hydrogens (tertiary/aromatic N) is 3. The van der Waals surface area contributed by atoms with Crippen molar-refractivity contribution in [1.29, 1.82) is 0 Å². The van der Waals surface area contributed by atoms with E-state index in [1.807, 2.05) is 31.2 Å². The van der Waals surface area contributed by atoms with Crippen molar-refractivity contribution in [2.45, 2.75) is 13.5 Å². The third-order valence-electron chi connectivity index (χ3n) is 3.38. The molecule has 0 radical (unpaired) electrons. The molecule has 1 heterocycles. The molecule has 0 aliphatic heterocycles. The van der Waals surface area contributed by atoms with Crippen molar-refractivity contribution in [1.82, 2.24) is 15.2 Å². The number of nitrogens with one attached hydrogen (secondary N) is 2. The Balaban J connectivity index is 1.67. The van der Waals surface area contributed by atoms with Crippen LogP contribution in [0.1, 0.15) is 11.4 Å². The Morgan fingerprint density at radius 3 is 2.48 bits per heavy atom. The number of non-ortho nitro benzene ring substituents is 1. The highest BCUT2D eigenvalue weighted by Gasteiger charge is 2.09. The largest absolute Gasteiger partial charge is 0.378 e. The fraction of sp³-hybridized carbons (Fsp3) is 0.125. The average molecular weight is 309 g/mol. The number of aromatic amines is 1. The van der Waals surface area contributed by atoms with Crippen molar-refractivity contribution in [3.05, 3.63) is 70.0 Å². The molecule has 0 aliphatic rings. The lowest BCUT2D eigenvalue weighted by molar-refractivity contribution is -0.384. The second kappa shape index (κ2) is 6.27. The molecule has 7 heteroatoms. The Labute approximate surface area is 132 Å². The molecule has 0 aliphatic carbocycles. The second-order valence-electron chi connectivity index (χ2n) is 5.13. The van der Waals surface area contributed by atoms with Gasteiger partial charge in [-0.1, -0.05) is 17.7 Å². The molecule has 2 aromatic carbocycles. The van der Waals surface area contributed by atoms with Crippen molar-refractivity contribution in [3.63, 3.8) is 0 Å². The summed E-state index contributed by atoms with van der Waals surface area (Å²) in [6.45, 7) is 2.56. The molecule has 23 heavy (non-hydrogen) atoms. The molecule has 0 fully saturated rings. The highest BCUT2D eigenvalue weighted by atomic mass is 16.6. The minimum atomic E-state index is -0.432. The minimum Gasteiger partial charge on any atom is -0.378 e. The van der Waals surface area contributed by atoms with E-state index >= 15 is 0 Å². The smallest absolute Gasteiger partial charge is 0.269 e. The normalized spacial score (nSPS) is 10.5. The zero-order valence-corrected chi connectivity index (χ0v) is 12.5. The average Bonchev–Trinajstić information content (AvgIpc) is 3.03. The molecular weight excluding hydrogens is 294 g/mol. The highest BCUT2D eigenvalue weighted by molar-refractivity contribution is 5.57. The van der Waals surface area contributed by atoms with Gasteiger partial charge in [-0.2, -0.15) is 5.10 Å². The molecule has 0 spiro atoms. The van der Waals surface area contributed by atoms with Gasteiger partial charge in [0.05, 0.1) is 11.5 Å². The summed E-state index contributed by atoms with van der Waals surface area (Å²) in [7, 11) is 0. The van der Waals surface area contributed by atoms with Crippen LogP contribution in [0.25, 0.3) is 11.4 Å². The molecule has 1 aromatic heterocycles. The number of H-pyrrole nitrogens is 1. The Bertz CT molecular complexity index is 809. The van der Waals surface area contributed by atoms with Gasteiger partial charge in [0.25, 0.3) is 5.69 Å². The van der Waals surface area contributed by atoms with Crippen LogP contribution in [0.4, 0.5) is 11.4 Å². The SMILES string of the molecule is Cc1ccc(NCc2nc(-c3ccc([N+](=O)[O-])cc3)n[nH]2)cc1. The number of hydrogen-bond acceptors (Lipinski definition) is 5. The molecule has 0 unspecified atom stereocenters. The number of nitro benzene ring substituents is 1. The first-order chi connectivity index (χ1) is 11.1. The van der Waals surface area contributed by atoms with E-state index in [1.54, 1.807) is 12.1 Å². The predicted octanol–water partition coefficient (Wildman–Crippen LogP) is 3.30. The summed E-state index contributed by atoms with van der Waals surface area (Å²) in [6.07, 6.45) is 0. The Morgan fingerprint density at radius 2 is 1.83 bits per heavy atom. The molecular formula is C16H15N5O2. The Kier molecular flexibility index (Phi) is 4.01. The van der Waals surface area contributed by atoms with Crippen molar-refractivity contribution in [2.24, 2.45) is 0 Å². The molecule has 3 aromatic rings. The molecule has 0 saturated carbocycles. The van der Waals surface area contributed by atoms with Crippen LogP contribution >= 0.6 is 0 Å². The molecule has 0 atom stereocenters. The lowest BCUT2D eigenvalue weighted by atomic mass is 10.2. The zero-order valence-electron chi connectivity index (χ0n) is 12.5. The summed E-state index contributed by atoms with van der Waals surface area (Å²) in [5.74, 6) is 1.21. The quantitative estimate of drug-likeness (QED) is 0.556. The van der Waals surface area contributed by atoms with E-state index in [9.17, 15) is 10.1 Å². The fourth-order valence-corrected chi connectivity index (χ4v) is 2.09. The first-order valence-electron chi connectivity index (χ1n) is 7.08. The van der Waals surface area contributed by atoms with Gasteiger partial charge >= 0.3 is 0 Å². The number of benzene rings is 2. The van der Waals surface area contributed by atoms with Gasteiger partial charge < -0.3 is 5.32 Å². The van der Waals surface area contributed by atoms with Crippen molar-refractivity contribution < 1.29 is 4.92 Å². The fourth-order valence-electron chi connectivity index (χ4n) is 2.09. The van der Waals surface area contributed by atoms with Crippen LogP contribution in [0, 0.1) is 17.0 Å². The van der Waals surface area contributed by atoms with E-state index in [0.29, 0.717) is 18.2 Å². The Morgan fingerprint density at radius 1 is 1.13 bits per heavy atom. The van der Waals surface area contributed by atoms with Gasteiger partial charge in [-0.05, 0) is 31.2 Å². The van der Waals surface area contributed by atoms with Crippen LogP contribution in [-0.4, -0.2) is 20.1 Å². The monoisotopic (exact) mass is 309 g/mol. The number of hydrogen-bond donors (Lipinski definition) is 2. The van der Waals surface area contributed by atoms with Crippen LogP contribution in [0.2, 0.25) is 0 Å². The van der Waals surface area contributed by atoms with E-state index in [1.165, 1.54) is 17.7 Å². The van der Waals surface area contributed by atoms with Crippen LogP contribution in [0.15, 0.2) is 48.5 Å². The maximum atomic E-state index is 10.7. The number of nitro groups is 1. The summed E-state index contributed by atoms with van der Waals surface area (Å²) in [5.41, 5.74) is 2.98. The summed E-state index contributed by atoms with van der Waals surface area (Å²) in [4.78, 5) is 14.6. The maximum absolute atomic E-state index is 10.7. The minimum absolute atomic E-state index is 0.0468. The molecule has 0 bridgehead atoms. The van der Waals surface area contributed by atoms with E-state index < -0.39 is 4.92 Å². The van der Waals surface area contributed by atoms with Gasteiger partial charge in [0.2, 0.25) is 0 Å². The zero-order chi connectivity index (χ0) is 16.2. The van der Waals surface area contributed by atoms with Crippen LogP contribution in [0.3, 0.4) is 0 Å². The lowest BCUT2D eigenvalue weighted by Crippen LogP contribution is -2.01. The lowest BCUT2D eigenvalue weighted by Gasteiger charge is -2.03. The molecule has 116 valence electrons. The topological polar surface area (TPSA) is 96.7 Å². The van der Waals surface area contributed by atoms with Crippen LogP contribution < -0.4 is 5.32 Å². The highest BCUT2D eigenvalue weighted by Crippen LogP contribution is 2.19. The van der Waals surface area contributed by atoms with E-state index in [4.69, 9.17) is 0 Å². The van der Waals surface area contributed by atoms with Crippen molar-refractivity contribution >= 4 is 11.4 Å². The standard InChI is InChI=1S/C16H15N5O2/c1-11-2-6-13(7-3-11)17-10-15-18-16(20-19-15)12-4-8-14(9-5-12)21(22)23/h2-9,17H,10H2,1H3,(H,18,19,20). The van der Waals surface area contributed by atoms with Crippen molar-refractivity contribution in [3.8, 4) is 11.4 Å². The van der Waals surface area contributed by atoms with Gasteiger partial charge in [-0.3, -0.25) is 15.2 Å². The van der Waals surface area contributed by atoms with Crippen LogP contribution in [0.5, 0.6) is 0 Å². The second-order valence-corrected chi connectivity index (χ2v) is 5.13. The molecule has 3 rings (SSSR count). The third-order valence-corrected chi connectivity index (χ3v) is 3.38. The summed E-state index contributed by atoms with van der Waals surface area (Å²) >= 11 is 0. The number of aryl methyl sites for hydroxylation is 1. The first kappa shape index (κ1) is 14.7. The summed E-state index contributed by atoms with van der Waals surface area (Å²) < 4.78 is 0. The van der Waals surface area contributed by atoms with Crippen molar-refractivity contribution in [2.75, 3.05) is 5.32 Å². The molecule has 0 saturated heterocycles. The van der Waals surface area contributed by atoms with E-state index in [-0.39, 0.29) is 5.69 Å². The predicted molar refractivity (Wildman–Crippen MR) is 87.0 cm³/mol. The number of anilines is 1. The third kappa shape index (κ3) is 3.52. The van der Waals surface area contributed by atoms with Gasteiger partial charge in [0, 0.05) is 23.4 Å². The molecule has 2 N–H and O–H groups in total. The molecule has 0 amide bonds. The summed E-state index contributed by atoms with van der Waals surface area (Å²) in [6, 6.07) is 14.2. The van der Waals surface area contributed by atoms with E-state index in [0.717, 1.165) is 11.3 Å². The van der Waals surface area contributed by atoms with E-state index in [2.05, 4.69) is 20.5 Å². The van der Waals surface area contributed by atoms with Gasteiger partial charge in [0.1, 0.15) is 5.82 Å².